The van der Waals surface area contributed by atoms with Gasteiger partial charge in [0.1, 0.15) is 0 Å². The summed E-state index contributed by atoms with van der Waals surface area (Å²) in [4.78, 5) is 0.170. The van der Waals surface area contributed by atoms with Gasteiger partial charge in [-0.15, -0.1) is 0 Å². The zero-order chi connectivity index (χ0) is 14.9. The smallest absolute Gasteiger partial charge is 0.262 e. The third-order valence-electron chi connectivity index (χ3n) is 2.73. The average molecular weight is 467 g/mol. The van der Waals surface area contributed by atoms with Crippen molar-refractivity contribution in [2.75, 3.05) is 10.5 Å². The van der Waals surface area contributed by atoms with Crippen molar-refractivity contribution in [3.8, 4) is 0 Å². The Labute approximate surface area is 140 Å². The SMILES string of the molecule is Cc1c(N)cc(Br)cc1S(=O)(=O)Nc1cccc(I)c1. The predicted molar refractivity (Wildman–Crippen MR) is 93.3 cm³/mol. The first-order valence-electron chi connectivity index (χ1n) is 5.63. The summed E-state index contributed by atoms with van der Waals surface area (Å²) in [6, 6.07) is 10.4. The first kappa shape index (κ1) is 15.6. The summed E-state index contributed by atoms with van der Waals surface area (Å²) in [6.45, 7) is 1.69. The van der Waals surface area contributed by atoms with E-state index in [4.69, 9.17) is 5.73 Å². The van der Waals surface area contributed by atoms with Crippen LogP contribution in [0.2, 0.25) is 0 Å². The quantitative estimate of drug-likeness (QED) is 0.534. The molecule has 0 amide bonds. The molecule has 3 N–H and O–H groups in total. The molecule has 0 aliphatic carbocycles. The molecule has 0 atom stereocenters. The Morgan fingerprint density at radius 2 is 1.95 bits per heavy atom. The van der Waals surface area contributed by atoms with Crippen molar-refractivity contribution in [3.05, 3.63) is 50.0 Å². The lowest BCUT2D eigenvalue weighted by atomic mass is 10.2. The summed E-state index contributed by atoms with van der Waals surface area (Å²) in [5.41, 5.74) is 7.30. The molecule has 0 spiro atoms. The number of nitrogens with two attached hydrogens (primary N) is 1. The summed E-state index contributed by atoms with van der Waals surface area (Å²) in [6.07, 6.45) is 0. The van der Waals surface area contributed by atoms with Crippen LogP contribution in [0.25, 0.3) is 0 Å². The van der Waals surface area contributed by atoms with E-state index in [1.165, 1.54) is 0 Å². The molecule has 0 unspecified atom stereocenters. The van der Waals surface area contributed by atoms with Crippen molar-refractivity contribution in [1.82, 2.24) is 0 Å². The molecule has 4 nitrogen and oxygen atoms in total. The van der Waals surface area contributed by atoms with Gasteiger partial charge in [0.15, 0.2) is 0 Å². The van der Waals surface area contributed by atoms with Crippen molar-refractivity contribution < 1.29 is 8.42 Å². The molecule has 0 fully saturated rings. The molecule has 7 heteroatoms. The fraction of sp³-hybridized carbons (Fsp3) is 0.0769. The molecule has 20 heavy (non-hydrogen) atoms. The fourth-order valence-electron chi connectivity index (χ4n) is 1.72. The maximum absolute atomic E-state index is 12.4. The molecule has 0 aromatic heterocycles. The van der Waals surface area contributed by atoms with Crippen LogP contribution in [0.1, 0.15) is 5.56 Å². The molecule has 0 aliphatic heterocycles. The minimum Gasteiger partial charge on any atom is -0.398 e. The van der Waals surface area contributed by atoms with Crippen molar-refractivity contribution in [3.63, 3.8) is 0 Å². The molecule has 106 valence electrons. The lowest BCUT2D eigenvalue weighted by molar-refractivity contribution is 0.600. The average Bonchev–Trinajstić information content (AvgIpc) is 2.33. The van der Waals surface area contributed by atoms with Crippen LogP contribution >= 0.6 is 38.5 Å². The highest BCUT2D eigenvalue weighted by Crippen LogP contribution is 2.28. The second-order valence-electron chi connectivity index (χ2n) is 4.23. The normalized spacial score (nSPS) is 11.3. The van der Waals surface area contributed by atoms with Crippen LogP contribution in [0.3, 0.4) is 0 Å². The Hall–Kier alpha value is -0.800. The van der Waals surface area contributed by atoms with Gasteiger partial charge in [-0.25, -0.2) is 8.42 Å². The monoisotopic (exact) mass is 466 g/mol. The summed E-state index contributed by atoms with van der Waals surface area (Å²) in [5, 5.41) is 0. The van der Waals surface area contributed by atoms with Crippen LogP contribution in [0.15, 0.2) is 45.8 Å². The molecule has 0 radical (unpaired) electrons. The van der Waals surface area contributed by atoms with E-state index in [-0.39, 0.29) is 4.90 Å². The summed E-state index contributed by atoms with van der Waals surface area (Å²) in [5.74, 6) is 0. The maximum Gasteiger partial charge on any atom is 0.262 e. The molecule has 0 bridgehead atoms. The Balaban J connectivity index is 2.46. The molecule has 2 aromatic rings. The first-order valence-corrected chi connectivity index (χ1v) is 8.99. The summed E-state index contributed by atoms with van der Waals surface area (Å²) < 4.78 is 29.0. The zero-order valence-corrected chi connectivity index (χ0v) is 15.1. The van der Waals surface area contributed by atoms with Gasteiger partial charge in [-0.2, -0.15) is 0 Å². The molecule has 0 saturated heterocycles. The van der Waals surface area contributed by atoms with Gasteiger partial charge >= 0.3 is 0 Å². The molecular formula is C13H12BrIN2O2S. The van der Waals surface area contributed by atoms with E-state index in [0.717, 1.165) is 3.57 Å². The topological polar surface area (TPSA) is 72.2 Å². The molecule has 0 heterocycles. The van der Waals surface area contributed by atoms with Crippen LogP contribution in [0.4, 0.5) is 11.4 Å². The minimum atomic E-state index is -3.67. The highest BCUT2D eigenvalue weighted by atomic mass is 127. The van der Waals surface area contributed by atoms with Gasteiger partial charge in [0, 0.05) is 19.4 Å². The van der Waals surface area contributed by atoms with Crippen LogP contribution in [0.5, 0.6) is 0 Å². The van der Waals surface area contributed by atoms with Crippen LogP contribution in [0, 0.1) is 10.5 Å². The lowest BCUT2D eigenvalue weighted by Crippen LogP contribution is -2.15. The van der Waals surface area contributed by atoms with E-state index in [1.54, 1.807) is 37.3 Å². The number of hydrogen-bond donors (Lipinski definition) is 2. The van der Waals surface area contributed by atoms with E-state index < -0.39 is 10.0 Å². The Kier molecular flexibility index (Phi) is 4.60. The van der Waals surface area contributed by atoms with Crippen molar-refractivity contribution >= 4 is 59.9 Å². The number of benzene rings is 2. The zero-order valence-electron chi connectivity index (χ0n) is 10.5. The van der Waals surface area contributed by atoms with E-state index in [9.17, 15) is 8.42 Å². The van der Waals surface area contributed by atoms with E-state index in [1.807, 2.05) is 6.07 Å². The fourth-order valence-corrected chi connectivity index (χ4v) is 4.24. The minimum absolute atomic E-state index is 0.170. The van der Waals surface area contributed by atoms with Crippen molar-refractivity contribution in [2.45, 2.75) is 11.8 Å². The predicted octanol–water partition coefficient (Wildman–Crippen LogP) is 3.75. The van der Waals surface area contributed by atoms with E-state index in [2.05, 4.69) is 43.2 Å². The summed E-state index contributed by atoms with van der Waals surface area (Å²) >= 11 is 5.39. The maximum atomic E-state index is 12.4. The van der Waals surface area contributed by atoms with Crippen molar-refractivity contribution in [1.29, 1.82) is 0 Å². The van der Waals surface area contributed by atoms with Gasteiger partial charge in [0.05, 0.1) is 4.90 Å². The van der Waals surface area contributed by atoms with Crippen LogP contribution < -0.4 is 10.5 Å². The lowest BCUT2D eigenvalue weighted by Gasteiger charge is -2.12. The number of halogens is 2. The summed E-state index contributed by atoms with van der Waals surface area (Å²) in [7, 11) is -3.67. The largest absolute Gasteiger partial charge is 0.398 e. The Morgan fingerprint density at radius 1 is 1.25 bits per heavy atom. The second kappa shape index (κ2) is 5.90. The molecule has 2 rings (SSSR count). The van der Waals surface area contributed by atoms with Gasteiger partial charge in [-0.05, 0) is 65.4 Å². The van der Waals surface area contributed by atoms with E-state index >= 15 is 0 Å². The van der Waals surface area contributed by atoms with Gasteiger partial charge in [-0.3, -0.25) is 4.72 Å². The number of sulfonamides is 1. The van der Waals surface area contributed by atoms with Gasteiger partial charge in [-0.1, -0.05) is 22.0 Å². The Bertz CT molecular complexity index is 763. The van der Waals surface area contributed by atoms with Gasteiger partial charge in [0.25, 0.3) is 10.0 Å². The molecule has 0 aliphatic rings. The Morgan fingerprint density at radius 3 is 2.60 bits per heavy atom. The molecule has 0 saturated carbocycles. The third kappa shape index (κ3) is 3.44. The second-order valence-corrected chi connectivity index (χ2v) is 8.05. The third-order valence-corrected chi connectivity index (χ3v) is 5.37. The van der Waals surface area contributed by atoms with E-state index in [0.29, 0.717) is 21.4 Å². The standard InChI is InChI=1S/C13H12BrIN2O2S/c1-8-12(16)5-9(14)6-13(8)20(18,19)17-11-4-2-3-10(15)7-11/h2-7,17H,16H2,1H3. The highest BCUT2D eigenvalue weighted by Gasteiger charge is 2.19. The highest BCUT2D eigenvalue weighted by molar-refractivity contribution is 14.1. The molecular weight excluding hydrogens is 455 g/mol. The number of nitrogen functional groups attached to an aromatic ring is 1. The molecule has 2 aromatic carbocycles. The van der Waals surface area contributed by atoms with Crippen LogP contribution in [-0.2, 0) is 10.0 Å². The van der Waals surface area contributed by atoms with Gasteiger partial charge < -0.3 is 5.73 Å². The number of rotatable bonds is 3. The van der Waals surface area contributed by atoms with Gasteiger partial charge in [0.2, 0.25) is 0 Å². The number of anilines is 2. The van der Waals surface area contributed by atoms with Crippen molar-refractivity contribution in [2.24, 2.45) is 0 Å². The first-order chi connectivity index (χ1) is 9.29. The number of nitrogens with one attached hydrogen (secondary N) is 1. The number of hydrogen-bond acceptors (Lipinski definition) is 3. The van der Waals surface area contributed by atoms with Crippen LogP contribution in [-0.4, -0.2) is 8.42 Å².